The van der Waals surface area contributed by atoms with Crippen molar-refractivity contribution < 1.29 is 19.1 Å². The fourth-order valence-electron chi connectivity index (χ4n) is 3.57. The monoisotopic (exact) mass is 532 g/mol. The number of nitrogens with one attached hydrogen (secondary N) is 3. The molecule has 5 N–H and O–H groups in total. The molecule has 1 heterocycles. The predicted molar refractivity (Wildman–Crippen MR) is 145 cm³/mol. The number of benzene rings is 1. The van der Waals surface area contributed by atoms with Crippen molar-refractivity contribution in [3.63, 3.8) is 0 Å². The minimum Gasteiger partial charge on any atom is -0.444 e. The van der Waals surface area contributed by atoms with Crippen LogP contribution in [0.3, 0.4) is 0 Å². The largest absolute Gasteiger partial charge is 0.444 e. The molecular formula is C26H40N6O4S. The third kappa shape index (κ3) is 11.2. The van der Waals surface area contributed by atoms with Crippen LogP contribution >= 0.6 is 11.3 Å². The summed E-state index contributed by atoms with van der Waals surface area (Å²) in [6, 6.07) is 8.48. The van der Waals surface area contributed by atoms with Gasteiger partial charge in [-0.15, -0.1) is 11.3 Å². The van der Waals surface area contributed by atoms with Crippen molar-refractivity contribution in [1.82, 2.24) is 25.8 Å². The van der Waals surface area contributed by atoms with Crippen LogP contribution in [0.4, 0.5) is 9.59 Å². The van der Waals surface area contributed by atoms with E-state index in [0.717, 1.165) is 10.4 Å². The van der Waals surface area contributed by atoms with Gasteiger partial charge in [-0.3, -0.25) is 9.78 Å². The first-order chi connectivity index (χ1) is 17.7. The first kappa shape index (κ1) is 30.0. The van der Waals surface area contributed by atoms with Crippen LogP contribution in [0, 0.1) is 0 Å². The van der Waals surface area contributed by atoms with E-state index in [-0.39, 0.29) is 43.2 Å². The summed E-state index contributed by atoms with van der Waals surface area (Å²) in [6.07, 6.45) is 3.38. The second-order valence-corrected chi connectivity index (χ2v) is 10.3. The predicted octanol–water partition coefficient (Wildman–Crippen LogP) is 3.03. The normalized spacial score (nSPS) is 13.4. The quantitative estimate of drug-likeness (QED) is 0.295. The van der Waals surface area contributed by atoms with Gasteiger partial charge in [0.1, 0.15) is 12.6 Å². The number of aromatic nitrogens is 1. The summed E-state index contributed by atoms with van der Waals surface area (Å²) >= 11 is 1.43. The van der Waals surface area contributed by atoms with Crippen molar-refractivity contribution >= 4 is 29.4 Å². The highest BCUT2D eigenvalue weighted by molar-refractivity contribution is 7.09. The number of urea groups is 1. The molecule has 0 saturated carbocycles. The third-order valence-corrected chi connectivity index (χ3v) is 6.73. The van der Waals surface area contributed by atoms with Crippen LogP contribution in [0.15, 0.2) is 42.0 Å². The first-order valence-corrected chi connectivity index (χ1v) is 13.5. The third-order valence-electron chi connectivity index (χ3n) is 5.98. The average Bonchev–Trinajstić information content (AvgIpc) is 3.39. The van der Waals surface area contributed by atoms with E-state index in [1.807, 2.05) is 51.1 Å². The first-order valence-electron chi connectivity index (χ1n) is 12.6. The molecular weight excluding hydrogens is 492 g/mol. The average molecular weight is 533 g/mol. The lowest BCUT2D eigenvalue weighted by Crippen LogP contribution is -2.53. The highest BCUT2D eigenvalue weighted by Crippen LogP contribution is 2.12. The summed E-state index contributed by atoms with van der Waals surface area (Å²) < 4.78 is 5.35. The van der Waals surface area contributed by atoms with Crippen LogP contribution in [0.1, 0.15) is 50.5 Å². The van der Waals surface area contributed by atoms with E-state index in [2.05, 4.69) is 20.9 Å². The van der Waals surface area contributed by atoms with Gasteiger partial charge < -0.3 is 31.3 Å². The fourth-order valence-corrected chi connectivity index (χ4v) is 4.08. The van der Waals surface area contributed by atoms with Crippen molar-refractivity contribution in [2.45, 2.75) is 77.2 Å². The number of carbonyl (C=O) groups is 3. The molecule has 4 amide bonds. The molecule has 3 atom stereocenters. The van der Waals surface area contributed by atoms with Crippen LogP contribution in [0.5, 0.6) is 0 Å². The molecule has 11 heteroatoms. The Kier molecular flexibility index (Phi) is 12.9. The summed E-state index contributed by atoms with van der Waals surface area (Å²) in [6.45, 7) is 6.14. The molecule has 0 aliphatic carbocycles. The summed E-state index contributed by atoms with van der Waals surface area (Å²) in [5, 5.41) is 8.71. The van der Waals surface area contributed by atoms with E-state index >= 15 is 0 Å². The van der Waals surface area contributed by atoms with Crippen molar-refractivity contribution in [2.75, 3.05) is 13.6 Å². The summed E-state index contributed by atoms with van der Waals surface area (Å²) in [5.74, 6) is -0.278. The number of amides is 4. The molecule has 0 aliphatic heterocycles. The smallest absolute Gasteiger partial charge is 0.407 e. The molecule has 10 nitrogen and oxygen atoms in total. The van der Waals surface area contributed by atoms with Crippen molar-refractivity contribution in [1.29, 1.82) is 0 Å². The lowest BCUT2D eigenvalue weighted by molar-refractivity contribution is -0.123. The molecule has 0 saturated heterocycles. The van der Waals surface area contributed by atoms with E-state index in [9.17, 15) is 14.4 Å². The van der Waals surface area contributed by atoms with Gasteiger partial charge in [-0.2, -0.15) is 0 Å². The van der Waals surface area contributed by atoms with Gasteiger partial charge in [-0.05, 0) is 58.6 Å². The molecule has 2 aromatic rings. The lowest BCUT2D eigenvalue weighted by Gasteiger charge is -2.27. The van der Waals surface area contributed by atoms with Gasteiger partial charge in [0, 0.05) is 31.4 Å². The van der Waals surface area contributed by atoms with Crippen molar-refractivity contribution in [3.8, 4) is 0 Å². The van der Waals surface area contributed by atoms with E-state index in [0.29, 0.717) is 25.7 Å². The Hall–Kier alpha value is -3.18. The number of carbonyl (C=O) groups excluding carboxylic acids is 3. The minimum absolute atomic E-state index is 0.00299. The molecule has 0 unspecified atom stereocenters. The molecule has 0 bridgehead atoms. The van der Waals surface area contributed by atoms with E-state index < -0.39 is 12.1 Å². The van der Waals surface area contributed by atoms with Crippen LogP contribution in [-0.2, 0) is 22.6 Å². The van der Waals surface area contributed by atoms with E-state index in [1.165, 1.54) is 16.2 Å². The van der Waals surface area contributed by atoms with Crippen LogP contribution in [0.25, 0.3) is 0 Å². The van der Waals surface area contributed by atoms with Crippen LogP contribution < -0.4 is 21.7 Å². The number of rotatable bonds is 14. The summed E-state index contributed by atoms with van der Waals surface area (Å²) in [5.41, 5.74) is 8.46. The van der Waals surface area contributed by atoms with Crippen molar-refractivity contribution in [3.05, 3.63) is 52.5 Å². The zero-order valence-electron chi connectivity index (χ0n) is 22.1. The van der Waals surface area contributed by atoms with Crippen LogP contribution in [-0.4, -0.2) is 65.7 Å². The summed E-state index contributed by atoms with van der Waals surface area (Å²) in [4.78, 5) is 44.1. The Bertz CT molecular complexity index is 957. The molecule has 0 radical (unpaired) electrons. The Labute approximate surface area is 223 Å². The standard InChI is InChI=1S/C26H40N6O4S/c1-18(2)32(4)25(34)31-23(12-13-27)24(33)29-19(3)10-11-21(14-20-8-6-5-7-9-20)30-26(35)36-16-22-15-28-17-37-22/h5-9,15,17-19,21,23H,10-14,16,27H2,1-4H3,(H,29,33)(H,30,35)(H,31,34)/t19-,21+,23-/m0/s1. The van der Waals surface area contributed by atoms with Gasteiger partial charge in [0.05, 0.1) is 10.4 Å². The van der Waals surface area contributed by atoms with Gasteiger partial charge >= 0.3 is 12.1 Å². The highest BCUT2D eigenvalue weighted by atomic mass is 32.1. The fraction of sp³-hybridized carbons (Fsp3) is 0.538. The molecule has 1 aromatic heterocycles. The maximum Gasteiger partial charge on any atom is 0.407 e. The number of nitrogens with two attached hydrogens (primary N) is 1. The lowest BCUT2D eigenvalue weighted by atomic mass is 9.99. The molecule has 0 fully saturated rings. The zero-order valence-corrected chi connectivity index (χ0v) is 22.9. The molecule has 2 rings (SSSR count). The number of ether oxygens (including phenoxy) is 1. The van der Waals surface area contributed by atoms with Gasteiger partial charge in [-0.1, -0.05) is 30.3 Å². The molecule has 0 spiro atoms. The van der Waals surface area contributed by atoms with Gasteiger partial charge in [0.2, 0.25) is 5.91 Å². The maximum absolute atomic E-state index is 12.9. The van der Waals surface area contributed by atoms with Gasteiger partial charge in [0.15, 0.2) is 0 Å². The second kappa shape index (κ2) is 15.8. The van der Waals surface area contributed by atoms with E-state index in [1.54, 1.807) is 18.8 Å². The molecule has 1 aromatic carbocycles. The second-order valence-electron chi connectivity index (χ2n) is 9.35. The van der Waals surface area contributed by atoms with Crippen molar-refractivity contribution in [2.24, 2.45) is 5.73 Å². The van der Waals surface area contributed by atoms with Gasteiger partial charge in [-0.25, -0.2) is 9.59 Å². The SMILES string of the molecule is CC(C)N(C)C(=O)N[C@@H](CCN)C(=O)N[C@@H](C)CC[C@H](Cc1ccccc1)NC(=O)OCc1cncs1. The number of hydrogen-bond acceptors (Lipinski definition) is 7. The molecule has 204 valence electrons. The highest BCUT2D eigenvalue weighted by Gasteiger charge is 2.24. The Morgan fingerprint density at radius 3 is 2.41 bits per heavy atom. The zero-order chi connectivity index (χ0) is 27.2. The summed E-state index contributed by atoms with van der Waals surface area (Å²) in [7, 11) is 1.68. The molecule has 0 aliphatic rings. The maximum atomic E-state index is 12.9. The molecule has 37 heavy (non-hydrogen) atoms. The number of nitrogens with zero attached hydrogens (tertiary/aromatic N) is 2. The number of thiazole rings is 1. The van der Waals surface area contributed by atoms with Crippen LogP contribution in [0.2, 0.25) is 0 Å². The van der Waals surface area contributed by atoms with Gasteiger partial charge in [0.25, 0.3) is 0 Å². The number of hydrogen-bond donors (Lipinski definition) is 4. The Morgan fingerprint density at radius 1 is 1.05 bits per heavy atom. The number of alkyl carbamates (subject to hydrolysis) is 1. The Morgan fingerprint density at radius 2 is 1.78 bits per heavy atom. The Balaban J connectivity index is 1.92. The minimum atomic E-state index is -0.721. The van der Waals surface area contributed by atoms with E-state index in [4.69, 9.17) is 10.5 Å². The topological polar surface area (TPSA) is 139 Å².